The number of rotatable bonds is 6. The Hall–Kier alpha value is -2.07. The molecule has 0 amide bonds. The van der Waals surface area contributed by atoms with E-state index in [4.69, 9.17) is 4.74 Å². The van der Waals surface area contributed by atoms with Gasteiger partial charge in [-0.05, 0) is 29.8 Å². The van der Waals surface area contributed by atoms with Gasteiger partial charge in [0.2, 0.25) is 0 Å². The van der Waals surface area contributed by atoms with Crippen molar-refractivity contribution in [2.45, 2.75) is 12.5 Å². The van der Waals surface area contributed by atoms with Gasteiger partial charge in [0.1, 0.15) is 5.75 Å². The lowest BCUT2D eigenvalue weighted by molar-refractivity contribution is -0.144. The molecule has 108 valence electrons. The van der Waals surface area contributed by atoms with Gasteiger partial charge in [-0.2, -0.15) is 0 Å². The summed E-state index contributed by atoms with van der Waals surface area (Å²) in [5, 5.41) is 9.22. The van der Waals surface area contributed by atoms with E-state index in [0.29, 0.717) is 12.2 Å². The molecule has 2 aromatic rings. The summed E-state index contributed by atoms with van der Waals surface area (Å²) in [6.45, 7) is 0. The maximum atomic E-state index is 11.2. The first-order valence-corrected chi connectivity index (χ1v) is 7.31. The van der Waals surface area contributed by atoms with Crippen LogP contribution in [0.1, 0.15) is 12.0 Å². The van der Waals surface area contributed by atoms with Gasteiger partial charge in [0, 0.05) is 10.9 Å². The molecule has 0 aliphatic rings. The zero-order chi connectivity index (χ0) is 15.1. The summed E-state index contributed by atoms with van der Waals surface area (Å²) in [4.78, 5) is 11.2. The summed E-state index contributed by atoms with van der Waals surface area (Å²) in [6, 6.07) is 16.8. The van der Waals surface area contributed by atoms with E-state index in [-0.39, 0.29) is 0 Å². The zero-order valence-corrected chi connectivity index (χ0v) is 12.9. The largest absolute Gasteiger partial charge is 0.478 e. The average molecular weight is 347 g/mol. The quantitative estimate of drug-likeness (QED) is 0.843. The van der Waals surface area contributed by atoms with Crippen molar-refractivity contribution in [2.24, 2.45) is 0 Å². The van der Waals surface area contributed by atoms with Gasteiger partial charge < -0.3 is 9.84 Å². The van der Waals surface area contributed by atoms with Crippen molar-refractivity contribution < 1.29 is 14.6 Å². The molecule has 0 saturated carbocycles. The van der Waals surface area contributed by atoms with E-state index in [1.807, 2.05) is 54.6 Å². The third kappa shape index (κ3) is 5.08. The number of carboxylic acids is 1. The molecule has 21 heavy (non-hydrogen) atoms. The summed E-state index contributed by atoms with van der Waals surface area (Å²) in [5.41, 5.74) is 1.03. The first-order valence-electron chi connectivity index (χ1n) is 6.52. The summed E-state index contributed by atoms with van der Waals surface area (Å²) in [5.74, 6) is -0.436. The van der Waals surface area contributed by atoms with Crippen LogP contribution in [0.15, 0.2) is 65.1 Å². The molecule has 4 heteroatoms. The lowest BCUT2D eigenvalue weighted by atomic mass is 10.1. The highest BCUT2D eigenvalue weighted by atomic mass is 79.9. The second kappa shape index (κ2) is 7.64. The normalized spacial score (nSPS) is 12.2. The van der Waals surface area contributed by atoms with Crippen molar-refractivity contribution >= 4 is 28.0 Å². The first-order chi connectivity index (χ1) is 10.1. The zero-order valence-electron chi connectivity index (χ0n) is 11.3. The molecular formula is C17H15BrO3. The molecule has 0 aliphatic heterocycles. The second-order valence-corrected chi connectivity index (χ2v) is 5.36. The molecule has 0 aromatic heterocycles. The summed E-state index contributed by atoms with van der Waals surface area (Å²) in [6.07, 6.45) is 3.11. The van der Waals surface area contributed by atoms with Crippen LogP contribution >= 0.6 is 15.9 Å². The summed E-state index contributed by atoms with van der Waals surface area (Å²) < 4.78 is 6.42. The van der Waals surface area contributed by atoms with Crippen LogP contribution in [0.5, 0.6) is 5.75 Å². The van der Waals surface area contributed by atoms with Crippen molar-refractivity contribution in [3.8, 4) is 5.75 Å². The third-order valence-corrected chi connectivity index (χ3v) is 3.36. The lowest BCUT2D eigenvalue weighted by Gasteiger charge is -2.13. The van der Waals surface area contributed by atoms with Gasteiger partial charge in [0.05, 0.1) is 0 Å². The highest BCUT2D eigenvalue weighted by Gasteiger charge is 2.17. The monoisotopic (exact) mass is 346 g/mol. The second-order valence-electron chi connectivity index (χ2n) is 4.45. The Morgan fingerprint density at radius 3 is 2.43 bits per heavy atom. The maximum absolute atomic E-state index is 11.2. The fourth-order valence-corrected chi connectivity index (χ4v) is 2.03. The van der Waals surface area contributed by atoms with E-state index < -0.39 is 12.1 Å². The number of carbonyl (C=O) groups is 1. The number of benzene rings is 2. The standard InChI is InChI=1S/C17H15BrO3/c18-14-9-11-15(12-10-14)21-16(17(19)20)8-4-7-13-5-2-1-3-6-13/h1-7,9-12,16H,8H2,(H,19,20)/b7-4-. The number of halogens is 1. The molecule has 2 rings (SSSR count). The van der Waals surface area contributed by atoms with E-state index in [1.54, 1.807) is 12.1 Å². The molecule has 0 saturated heterocycles. The molecule has 3 nitrogen and oxygen atoms in total. The number of aliphatic carboxylic acids is 1. The van der Waals surface area contributed by atoms with Crippen LogP contribution in [0, 0.1) is 0 Å². The minimum Gasteiger partial charge on any atom is -0.478 e. The molecule has 0 spiro atoms. The highest BCUT2D eigenvalue weighted by Crippen LogP contribution is 2.18. The third-order valence-electron chi connectivity index (χ3n) is 2.83. The van der Waals surface area contributed by atoms with E-state index in [9.17, 15) is 9.90 Å². The average Bonchev–Trinajstić information content (AvgIpc) is 2.49. The Morgan fingerprint density at radius 2 is 1.81 bits per heavy atom. The topological polar surface area (TPSA) is 46.5 Å². The van der Waals surface area contributed by atoms with Gasteiger partial charge in [0.15, 0.2) is 6.10 Å². The van der Waals surface area contributed by atoms with Crippen LogP contribution in [-0.2, 0) is 4.79 Å². The Morgan fingerprint density at radius 1 is 1.14 bits per heavy atom. The Labute approximate surface area is 132 Å². The van der Waals surface area contributed by atoms with Crippen LogP contribution in [-0.4, -0.2) is 17.2 Å². The van der Waals surface area contributed by atoms with E-state index in [1.165, 1.54) is 0 Å². The summed E-state index contributed by atoms with van der Waals surface area (Å²) >= 11 is 3.33. The van der Waals surface area contributed by atoms with Crippen molar-refractivity contribution in [3.05, 3.63) is 70.7 Å². The smallest absolute Gasteiger partial charge is 0.345 e. The predicted molar refractivity (Wildman–Crippen MR) is 86.3 cm³/mol. The fraction of sp³-hybridized carbons (Fsp3) is 0.118. The molecule has 1 atom stereocenters. The van der Waals surface area contributed by atoms with Crippen LogP contribution in [0.4, 0.5) is 0 Å². The van der Waals surface area contributed by atoms with Crippen molar-refractivity contribution in [2.75, 3.05) is 0 Å². The molecule has 0 fully saturated rings. The lowest BCUT2D eigenvalue weighted by Crippen LogP contribution is -2.26. The van der Waals surface area contributed by atoms with Gasteiger partial charge in [-0.1, -0.05) is 58.4 Å². The molecule has 0 radical (unpaired) electrons. The molecule has 1 unspecified atom stereocenters. The molecule has 0 heterocycles. The Kier molecular flexibility index (Phi) is 5.58. The highest BCUT2D eigenvalue weighted by molar-refractivity contribution is 9.10. The molecular weight excluding hydrogens is 332 g/mol. The van der Waals surface area contributed by atoms with Crippen molar-refractivity contribution in [1.82, 2.24) is 0 Å². The first kappa shape index (κ1) is 15.3. The Balaban J connectivity index is 1.98. The Bertz CT molecular complexity index is 606. The molecule has 0 aliphatic carbocycles. The number of hydrogen-bond acceptors (Lipinski definition) is 2. The molecule has 1 N–H and O–H groups in total. The van der Waals surface area contributed by atoms with Crippen LogP contribution < -0.4 is 4.74 Å². The van der Waals surface area contributed by atoms with Crippen LogP contribution in [0.3, 0.4) is 0 Å². The van der Waals surface area contributed by atoms with Crippen LogP contribution in [0.2, 0.25) is 0 Å². The maximum Gasteiger partial charge on any atom is 0.345 e. The fourth-order valence-electron chi connectivity index (χ4n) is 1.77. The van der Waals surface area contributed by atoms with Gasteiger partial charge in [-0.3, -0.25) is 0 Å². The number of carboxylic acid groups (broad SMARTS) is 1. The van der Waals surface area contributed by atoms with E-state index in [2.05, 4.69) is 15.9 Å². The van der Waals surface area contributed by atoms with E-state index >= 15 is 0 Å². The van der Waals surface area contributed by atoms with Gasteiger partial charge >= 0.3 is 5.97 Å². The predicted octanol–water partition coefficient (Wildman–Crippen LogP) is 4.38. The molecule has 2 aromatic carbocycles. The van der Waals surface area contributed by atoms with E-state index in [0.717, 1.165) is 10.0 Å². The van der Waals surface area contributed by atoms with Crippen molar-refractivity contribution in [1.29, 1.82) is 0 Å². The number of ether oxygens (including phenoxy) is 1. The minimum atomic E-state index is -0.976. The van der Waals surface area contributed by atoms with Gasteiger partial charge in [-0.15, -0.1) is 0 Å². The SMILES string of the molecule is O=C(O)C(C/C=C\c1ccccc1)Oc1ccc(Br)cc1. The van der Waals surface area contributed by atoms with Gasteiger partial charge in [0.25, 0.3) is 0 Å². The van der Waals surface area contributed by atoms with Crippen molar-refractivity contribution in [3.63, 3.8) is 0 Å². The minimum absolute atomic E-state index is 0.306. The number of hydrogen-bond donors (Lipinski definition) is 1. The summed E-state index contributed by atoms with van der Waals surface area (Å²) in [7, 11) is 0. The van der Waals surface area contributed by atoms with Gasteiger partial charge in [-0.25, -0.2) is 4.79 Å². The molecule has 0 bridgehead atoms. The van der Waals surface area contributed by atoms with Crippen LogP contribution in [0.25, 0.3) is 6.08 Å².